The third-order valence-corrected chi connectivity index (χ3v) is 3.89. The van der Waals surface area contributed by atoms with Gasteiger partial charge in [-0.1, -0.05) is 59.2 Å². The van der Waals surface area contributed by atoms with E-state index < -0.39 is 0 Å². The summed E-state index contributed by atoms with van der Waals surface area (Å²) in [5.74, 6) is 0. The van der Waals surface area contributed by atoms with Crippen LogP contribution in [0, 0.1) is 0 Å². The first-order valence-electron chi connectivity index (χ1n) is 4.44. The Bertz CT molecular complexity index is 454. The summed E-state index contributed by atoms with van der Waals surface area (Å²) in [5, 5.41) is 1.21. The molecule has 0 aliphatic carbocycles. The summed E-state index contributed by atoms with van der Waals surface area (Å²) in [5.41, 5.74) is 0. The van der Waals surface area contributed by atoms with Crippen molar-refractivity contribution in [3.63, 3.8) is 0 Å². The van der Waals surface area contributed by atoms with Gasteiger partial charge in [-0.05, 0) is 24.3 Å². The number of halogens is 2. The van der Waals surface area contributed by atoms with E-state index in [4.69, 9.17) is 23.2 Å². The average molecular weight is 255 g/mol. The van der Waals surface area contributed by atoms with Crippen LogP contribution in [0.2, 0.25) is 10.0 Å². The largest absolute Gasteiger partial charge is 0.0885 e. The molecular formula is C12H8Cl2S. The Morgan fingerprint density at radius 3 is 2.27 bits per heavy atom. The van der Waals surface area contributed by atoms with Crippen LogP contribution in [-0.4, -0.2) is 0 Å². The molecule has 0 saturated carbocycles. The first-order chi connectivity index (χ1) is 7.27. The zero-order valence-electron chi connectivity index (χ0n) is 7.78. The second kappa shape index (κ2) is 4.93. The van der Waals surface area contributed by atoms with Gasteiger partial charge in [0.05, 0.1) is 10.0 Å². The van der Waals surface area contributed by atoms with E-state index >= 15 is 0 Å². The third-order valence-electron chi connectivity index (χ3n) is 1.89. The SMILES string of the molecule is Clc1cccc(Sc2ccccc2)c1Cl. The predicted octanol–water partition coefficient (Wildman–Crippen LogP) is 5.14. The predicted molar refractivity (Wildman–Crippen MR) is 67.0 cm³/mol. The molecule has 0 unspecified atom stereocenters. The van der Waals surface area contributed by atoms with Crippen LogP contribution in [0.15, 0.2) is 58.3 Å². The third kappa shape index (κ3) is 2.69. The molecule has 2 aromatic rings. The highest BCUT2D eigenvalue weighted by molar-refractivity contribution is 7.99. The highest BCUT2D eigenvalue weighted by atomic mass is 35.5. The summed E-state index contributed by atoms with van der Waals surface area (Å²) >= 11 is 13.6. The van der Waals surface area contributed by atoms with Gasteiger partial charge in [0, 0.05) is 9.79 Å². The Labute approximate surface area is 103 Å². The van der Waals surface area contributed by atoms with Gasteiger partial charge in [0.15, 0.2) is 0 Å². The van der Waals surface area contributed by atoms with Crippen molar-refractivity contribution in [3.8, 4) is 0 Å². The van der Waals surface area contributed by atoms with E-state index in [0.29, 0.717) is 10.0 Å². The lowest BCUT2D eigenvalue weighted by atomic mass is 10.4. The van der Waals surface area contributed by atoms with E-state index in [9.17, 15) is 0 Å². The summed E-state index contributed by atoms with van der Waals surface area (Å²) < 4.78 is 0. The number of hydrogen-bond donors (Lipinski definition) is 0. The summed E-state index contributed by atoms with van der Waals surface area (Å²) in [6, 6.07) is 15.7. The van der Waals surface area contributed by atoms with E-state index in [1.54, 1.807) is 17.8 Å². The minimum absolute atomic E-state index is 0.595. The summed E-state index contributed by atoms with van der Waals surface area (Å²) in [7, 11) is 0. The van der Waals surface area contributed by atoms with Crippen LogP contribution in [0.25, 0.3) is 0 Å². The van der Waals surface area contributed by atoms with Crippen molar-refractivity contribution in [3.05, 3.63) is 58.6 Å². The molecule has 0 aromatic heterocycles. The lowest BCUT2D eigenvalue weighted by molar-refractivity contribution is 1.41. The van der Waals surface area contributed by atoms with E-state index in [2.05, 4.69) is 0 Å². The van der Waals surface area contributed by atoms with E-state index in [-0.39, 0.29) is 0 Å². The molecule has 76 valence electrons. The summed E-state index contributed by atoms with van der Waals surface area (Å²) in [6.07, 6.45) is 0. The quantitative estimate of drug-likeness (QED) is 0.715. The molecular weight excluding hydrogens is 247 g/mol. The molecule has 15 heavy (non-hydrogen) atoms. The second-order valence-corrected chi connectivity index (χ2v) is 4.87. The van der Waals surface area contributed by atoms with E-state index in [1.807, 2.05) is 42.5 Å². The van der Waals surface area contributed by atoms with Crippen molar-refractivity contribution in [2.24, 2.45) is 0 Å². The average Bonchev–Trinajstić information content (AvgIpc) is 2.26. The minimum Gasteiger partial charge on any atom is -0.0885 e. The second-order valence-electron chi connectivity index (χ2n) is 2.97. The molecule has 0 aliphatic rings. The standard InChI is InChI=1S/C12H8Cl2S/c13-10-7-4-8-11(12(10)14)15-9-5-2-1-3-6-9/h1-8H. The van der Waals surface area contributed by atoms with Gasteiger partial charge in [-0.3, -0.25) is 0 Å². The van der Waals surface area contributed by atoms with Gasteiger partial charge in [0.1, 0.15) is 0 Å². The molecule has 0 radical (unpaired) electrons. The minimum atomic E-state index is 0.595. The van der Waals surface area contributed by atoms with Crippen LogP contribution in [0.5, 0.6) is 0 Å². The van der Waals surface area contributed by atoms with Crippen LogP contribution in [0.3, 0.4) is 0 Å². The smallest absolute Gasteiger partial charge is 0.0731 e. The van der Waals surface area contributed by atoms with Gasteiger partial charge in [-0.25, -0.2) is 0 Å². The molecule has 0 aliphatic heterocycles. The molecule has 0 N–H and O–H groups in total. The molecule has 0 atom stereocenters. The lowest BCUT2D eigenvalue weighted by Crippen LogP contribution is -1.76. The topological polar surface area (TPSA) is 0 Å². The van der Waals surface area contributed by atoms with E-state index in [0.717, 1.165) is 9.79 Å². The maximum Gasteiger partial charge on any atom is 0.0731 e. The molecule has 0 fully saturated rings. The fourth-order valence-corrected chi connectivity index (χ4v) is 2.54. The monoisotopic (exact) mass is 254 g/mol. The normalized spacial score (nSPS) is 10.3. The number of benzene rings is 2. The van der Waals surface area contributed by atoms with Gasteiger partial charge >= 0.3 is 0 Å². The first kappa shape index (κ1) is 10.9. The zero-order chi connectivity index (χ0) is 10.7. The maximum atomic E-state index is 6.09. The molecule has 2 rings (SSSR count). The molecule has 0 spiro atoms. The van der Waals surface area contributed by atoms with Gasteiger partial charge in [0.2, 0.25) is 0 Å². The van der Waals surface area contributed by atoms with Gasteiger partial charge in [-0.2, -0.15) is 0 Å². The molecule has 0 heterocycles. The Morgan fingerprint density at radius 1 is 0.800 bits per heavy atom. The molecule has 0 nitrogen and oxygen atoms in total. The molecule has 2 aromatic carbocycles. The lowest BCUT2D eigenvalue weighted by Gasteiger charge is -2.04. The van der Waals surface area contributed by atoms with Crippen LogP contribution in [0.1, 0.15) is 0 Å². The molecule has 0 bridgehead atoms. The zero-order valence-corrected chi connectivity index (χ0v) is 10.1. The Morgan fingerprint density at radius 2 is 1.53 bits per heavy atom. The maximum absolute atomic E-state index is 6.09. The first-order valence-corrected chi connectivity index (χ1v) is 6.01. The number of hydrogen-bond acceptors (Lipinski definition) is 1. The fraction of sp³-hybridized carbons (Fsp3) is 0. The van der Waals surface area contributed by atoms with Crippen LogP contribution in [-0.2, 0) is 0 Å². The fourth-order valence-electron chi connectivity index (χ4n) is 1.18. The van der Waals surface area contributed by atoms with Crippen molar-refractivity contribution < 1.29 is 0 Å². The van der Waals surface area contributed by atoms with Crippen molar-refractivity contribution >= 4 is 35.0 Å². The van der Waals surface area contributed by atoms with Gasteiger partial charge in [-0.15, -0.1) is 0 Å². The highest BCUT2D eigenvalue weighted by Gasteiger charge is 2.05. The Hall–Kier alpha value is -0.630. The van der Waals surface area contributed by atoms with Crippen molar-refractivity contribution in [2.45, 2.75) is 9.79 Å². The van der Waals surface area contributed by atoms with Crippen LogP contribution in [0.4, 0.5) is 0 Å². The Balaban J connectivity index is 2.29. The van der Waals surface area contributed by atoms with Crippen LogP contribution >= 0.6 is 35.0 Å². The van der Waals surface area contributed by atoms with Crippen molar-refractivity contribution in [1.29, 1.82) is 0 Å². The molecule has 0 amide bonds. The summed E-state index contributed by atoms with van der Waals surface area (Å²) in [6.45, 7) is 0. The molecule has 3 heteroatoms. The molecule has 0 saturated heterocycles. The highest BCUT2D eigenvalue weighted by Crippen LogP contribution is 2.36. The van der Waals surface area contributed by atoms with Crippen LogP contribution < -0.4 is 0 Å². The van der Waals surface area contributed by atoms with E-state index in [1.165, 1.54) is 0 Å². The van der Waals surface area contributed by atoms with Gasteiger partial charge < -0.3 is 0 Å². The Kier molecular flexibility index (Phi) is 3.57. The number of rotatable bonds is 2. The van der Waals surface area contributed by atoms with Crippen molar-refractivity contribution in [2.75, 3.05) is 0 Å². The van der Waals surface area contributed by atoms with Crippen molar-refractivity contribution in [1.82, 2.24) is 0 Å². The van der Waals surface area contributed by atoms with Gasteiger partial charge in [0.25, 0.3) is 0 Å². The summed E-state index contributed by atoms with van der Waals surface area (Å²) in [4.78, 5) is 2.14.